The van der Waals surface area contributed by atoms with Crippen LogP contribution in [0.3, 0.4) is 0 Å². The van der Waals surface area contributed by atoms with E-state index in [1.165, 1.54) is 51.4 Å². The van der Waals surface area contributed by atoms with Crippen LogP contribution < -0.4 is 0 Å². The van der Waals surface area contributed by atoms with Gasteiger partial charge in [-0.15, -0.1) is 0 Å². The predicted octanol–water partition coefficient (Wildman–Crippen LogP) is 7.14. The average molecular weight is 537 g/mol. The second-order valence-corrected chi connectivity index (χ2v) is 10.4. The lowest BCUT2D eigenvalue weighted by molar-refractivity contribution is -0.138. The van der Waals surface area contributed by atoms with Crippen LogP contribution in [0.25, 0.3) is 0 Å². The van der Waals surface area contributed by atoms with Crippen molar-refractivity contribution in [3.63, 3.8) is 0 Å². The summed E-state index contributed by atoms with van der Waals surface area (Å²) in [7, 11) is 0. The summed E-state index contributed by atoms with van der Waals surface area (Å²) in [6, 6.07) is 9.92. The van der Waals surface area contributed by atoms with Gasteiger partial charge in [0.25, 0.3) is 0 Å². The molecular weight excluding hydrogens is 484 g/mol. The molecule has 0 fully saturated rings. The minimum atomic E-state index is -0.797. The Balaban J connectivity index is 2.10. The highest BCUT2D eigenvalue weighted by atomic mass is 16.5. The number of carboxylic acid groups (broad SMARTS) is 2. The molecule has 0 bridgehead atoms. The van der Waals surface area contributed by atoms with E-state index in [-0.39, 0.29) is 6.42 Å². The molecule has 0 heterocycles. The van der Waals surface area contributed by atoms with E-state index in [9.17, 15) is 14.7 Å². The van der Waals surface area contributed by atoms with Gasteiger partial charge in [-0.05, 0) is 31.2 Å². The van der Waals surface area contributed by atoms with E-state index in [1.54, 1.807) is 0 Å². The molecule has 0 aromatic heterocycles. The number of hydrogen-bond acceptors (Lipinski definition) is 5. The Kier molecular flexibility index (Phi) is 21.6. The molecule has 7 heteroatoms. The molecule has 38 heavy (non-hydrogen) atoms. The fourth-order valence-corrected chi connectivity index (χ4v) is 4.51. The second-order valence-electron chi connectivity index (χ2n) is 10.4. The highest BCUT2D eigenvalue weighted by molar-refractivity contribution is 5.66. The first kappa shape index (κ1) is 34.1. The number of aliphatic hydroxyl groups excluding tert-OH is 1. The fourth-order valence-electron chi connectivity index (χ4n) is 4.51. The SMILES string of the molecule is O=C(O)CCCCCCCCCCCCCCCC(O)[C@H](COCc1ccccc1)OCCCCC(=O)O. The summed E-state index contributed by atoms with van der Waals surface area (Å²) in [5, 5.41) is 28.2. The second kappa shape index (κ2) is 24.1. The van der Waals surface area contributed by atoms with Gasteiger partial charge in [-0.1, -0.05) is 107 Å². The Morgan fingerprint density at radius 3 is 1.66 bits per heavy atom. The molecule has 0 aliphatic rings. The molecule has 7 nitrogen and oxygen atoms in total. The molecule has 1 rings (SSSR count). The van der Waals surface area contributed by atoms with E-state index in [1.807, 2.05) is 30.3 Å². The summed E-state index contributed by atoms with van der Waals surface area (Å²) in [5.41, 5.74) is 1.08. The van der Waals surface area contributed by atoms with E-state index >= 15 is 0 Å². The van der Waals surface area contributed by atoms with Gasteiger partial charge in [0.2, 0.25) is 0 Å². The van der Waals surface area contributed by atoms with Crippen molar-refractivity contribution >= 4 is 11.9 Å². The zero-order chi connectivity index (χ0) is 27.7. The lowest BCUT2D eigenvalue weighted by Crippen LogP contribution is -2.34. The number of ether oxygens (including phenoxy) is 2. The third-order valence-corrected chi connectivity index (χ3v) is 6.83. The van der Waals surface area contributed by atoms with Gasteiger partial charge in [-0.2, -0.15) is 0 Å². The number of hydrogen-bond donors (Lipinski definition) is 3. The highest BCUT2D eigenvalue weighted by Gasteiger charge is 2.20. The van der Waals surface area contributed by atoms with Crippen LogP contribution in [0.15, 0.2) is 30.3 Å². The number of aliphatic carboxylic acids is 2. The van der Waals surface area contributed by atoms with Gasteiger partial charge in [0, 0.05) is 19.4 Å². The van der Waals surface area contributed by atoms with Crippen molar-refractivity contribution in [3.05, 3.63) is 35.9 Å². The van der Waals surface area contributed by atoms with Crippen molar-refractivity contribution in [1.29, 1.82) is 0 Å². The molecule has 2 atom stereocenters. The predicted molar refractivity (Wildman–Crippen MR) is 150 cm³/mol. The van der Waals surface area contributed by atoms with Crippen molar-refractivity contribution in [1.82, 2.24) is 0 Å². The lowest BCUT2D eigenvalue weighted by atomic mass is 10.0. The van der Waals surface area contributed by atoms with Crippen LogP contribution in [0.5, 0.6) is 0 Å². The average Bonchev–Trinajstić information content (AvgIpc) is 2.89. The maximum absolute atomic E-state index is 10.7. The Morgan fingerprint density at radius 2 is 1.13 bits per heavy atom. The topological polar surface area (TPSA) is 113 Å². The maximum Gasteiger partial charge on any atom is 0.303 e. The van der Waals surface area contributed by atoms with Gasteiger partial charge in [-0.25, -0.2) is 0 Å². The fraction of sp³-hybridized carbons (Fsp3) is 0.742. The van der Waals surface area contributed by atoms with Crippen molar-refractivity contribution in [2.45, 2.75) is 134 Å². The van der Waals surface area contributed by atoms with Gasteiger partial charge in [-0.3, -0.25) is 9.59 Å². The summed E-state index contributed by atoms with van der Waals surface area (Å²) >= 11 is 0. The van der Waals surface area contributed by atoms with Crippen LogP contribution in [-0.2, 0) is 25.7 Å². The Morgan fingerprint density at radius 1 is 0.658 bits per heavy atom. The first-order valence-corrected chi connectivity index (χ1v) is 14.8. The van der Waals surface area contributed by atoms with Crippen LogP contribution >= 0.6 is 0 Å². The van der Waals surface area contributed by atoms with Gasteiger partial charge >= 0.3 is 11.9 Å². The van der Waals surface area contributed by atoms with Gasteiger partial charge < -0.3 is 24.8 Å². The molecule has 1 unspecified atom stereocenters. The molecule has 1 aromatic carbocycles. The molecule has 0 spiro atoms. The van der Waals surface area contributed by atoms with Crippen LogP contribution in [0, 0.1) is 0 Å². The first-order chi connectivity index (χ1) is 18.5. The standard InChI is InChI=1S/C31H52O7/c32-28(21-15-10-8-6-4-2-1-3-5-7-9-11-16-22-30(33)34)29(38-24-18-17-23-31(35)36)26-37-25-27-19-13-12-14-20-27/h12-14,19-20,28-29,32H,1-11,15-18,21-26H2,(H,33,34)(H,35,36)/t28?,29-/m0/s1. The molecule has 3 N–H and O–H groups in total. The highest BCUT2D eigenvalue weighted by Crippen LogP contribution is 2.16. The normalized spacial score (nSPS) is 12.9. The van der Waals surface area contributed by atoms with Gasteiger partial charge in [0.1, 0.15) is 6.10 Å². The first-order valence-electron chi connectivity index (χ1n) is 14.8. The van der Waals surface area contributed by atoms with Gasteiger partial charge in [0.05, 0.1) is 19.3 Å². The largest absolute Gasteiger partial charge is 0.481 e. The molecule has 0 aliphatic heterocycles. The Labute approximate surface area is 229 Å². The number of unbranched alkanes of at least 4 members (excludes halogenated alkanes) is 13. The van der Waals surface area contributed by atoms with Gasteiger partial charge in [0.15, 0.2) is 0 Å². The summed E-state index contributed by atoms with van der Waals surface area (Å²) in [6.45, 7) is 1.21. The van der Waals surface area contributed by atoms with E-state index < -0.39 is 24.1 Å². The number of aliphatic hydroxyl groups is 1. The maximum atomic E-state index is 10.7. The number of carboxylic acids is 2. The van der Waals surface area contributed by atoms with Crippen molar-refractivity contribution in [2.75, 3.05) is 13.2 Å². The molecule has 0 saturated carbocycles. The Hall–Kier alpha value is -1.96. The van der Waals surface area contributed by atoms with Crippen LogP contribution in [0.1, 0.15) is 121 Å². The monoisotopic (exact) mass is 536 g/mol. The van der Waals surface area contributed by atoms with E-state index in [0.29, 0.717) is 45.5 Å². The quantitative estimate of drug-likeness (QED) is 0.102. The molecule has 0 amide bonds. The summed E-state index contributed by atoms with van der Waals surface area (Å²) in [6.07, 6.45) is 16.4. The summed E-state index contributed by atoms with van der Waals surface area (Å²) in [5.74, 6) is -1.49. The number of carbonyl (C=O) groups is 2. The van der Waals surface area contributed by atoms with Crippen LogP contribution in [0.2, 0.25) is 0 Å². The minimum Gasteiger partial charge on any atom is -0.481 e. The van der Waals surface area contributed by atoms with E-state index in [4.69, 9.17) is 19.7 Å². The number of benzene rings is 1. The van der Waals surface area contributed by atoms with Crippen LogP contribution in [-0.4, -0.2) is 52.7 Å². The Bertz CT molecular complexity index is 695. The minimum absolute atomic E-state index is 0.136. The molecule has 218 valence electrons. The third-order valence-electron chi connectivity index (χ3n) is 6.83. The zero-order valence-electron chi connectivity index (χ0n) is 23.4. The number of rotatable bonds is 27. The van der Waals surface area contributed by atoms with Crippen molar-refractivity contribution in [3.8, 4) is 0 Å². The van der Waals surface area contributed by atoms with Crippen LogP contribution in [0.4, 0.5) is 0 Å². The lowest BCUT2D eigenvalue weighted by Gasteiger charge is -2.23. The molecule has 1 aromatic rings. The third kappa shape index (κ3) is 21.0. The van der Waals surface area contributed by atoms with E-state index in [2.05, 4.69) is 0 Å². The smallest absolute Gasteiger partial charge is 0.303 e. The molecule has 0 aliphatic carbocycles. The van der Waals surface area contributed by atoms with Crippen molar-refractivity contribution in [2.24, 2.45) is 0 Å². The molecule has 0 saturated heterocycles. The summed E-state index contributed by atoms with van der Waals surface area (Å²) < 4.78 is 11.7. The van der Waals surface area contributed by atoms with Crippen molar-refractivity contribution < 1.29 is 34.4 Å². The van der Waals surface area contributed by atoms with E-state index in [0.717, 1.165) is 37.7 Å². The zero-order valence-corrected chi connectivity index (χ0v) is 23.4. The summed E-state index contributed by atoms with van der Waals surface area (Å²) in [4.78, 5) is 21.2. The molecule has 0 radical (unpaired) electrons. The molecular formula is C31H52O7.